The molecule has 1 aliphatic rings. The van der Waals surface area contributed by atoms with E-state index in [1.165, 1.54) is 0 Å². The molecule has 0 bridgehead atoms. The topological polar surface area (TPSA) is 37.3 Å². The number of allylic oxidation sites excluding steroid dienone is 2. The van der Waals surface area contributed by atoms with Crippen molar-refractivity contribution in [1.29, 1.82) is 0 Å². The quantitative estimate of drug-likeness (QED) is 0.726. The van der Waals surface area contributed by atoms with Crippen molar-refractivity contribution in [3.8, 4) is 11.8 Å². The van der Waals surface area contributed by atoms with E-state index in [2.05, 4.69) is 32.6 Å². The highest BCUT2D eigenvalue weighted by atomic mass is 16.4. The van der Waals surface area contributed by atoms with Gasteiger partial charge in [0.2, 0.25) is 0 Å². The molecule has 88 valence electrons. The van der Waals surface area contributed by atoms with Gasteiger partial charge >= 0.3 is 5.97 Å². The van der Waals surface area contributed by atoms with E-state index in [-0.39, 0.29) is 22.7 Å². The van der Waals surface area contributed by atoms with Crippen molar-refractivity contribution in [3.05, 3.63) is 12.2 Å². The number of hydrogen-bond donors (Lipinski definition) is 1. The molecule has 2 nitrogen and oxygen atoms in total. The van der Waals surface area contributed by atoms with Gasteiger partial charge in [-0.3, -0.25) is 4.79 Å². The van der Waals surface area contributed by atoms with Gasteiger partial charge in [0, 0.05) is 5.41 Å². The molecule has 0 aromatic carbocycles. The van der Waals surface area contributed by atoms with Crippen LogP contribution in [0.3, 0.4) is 0 Å². The molecular formula is C14H20O2. The van der Waals surface area contributed by atoms with E-state index in [9.17, 15) is 4.79 Å². The van der Waals surface area contributed by atoms with Gasteiger partial charge in [0.1, 0.15) is 0 Å². The van der Waals surface area contributed by atoms with Gasteiger partial charge in [-0.15, -0.1) is 0 Å². The maximum Gasteiger partial charge on any atom is 0.307 e. The third kappa shape index (κ3) is 2.88. The number of carbonyl (C=O) groups is 1. The van der Waals surface area contributed by atoms with Gasteiger partial charge in [0.25, 0.3) is 0 Å². The zero-order valence-electron chi connectivity index (χ0n) is 10.7. The number of carboxylic acid groups (broad SMARTS) is 1. The van der Waals surface area contributed by atoms with Crippen LogP contribution in [0.4, 0.5) is 0 Å². The second kappa shape index (κ2) is 3.97. The molecule has 2 heteroatoms. The summed E-state index contributed by atoms with van der Waals surface area (Å²) >= 11 is 0. The Morgan fingerprint density at radius 3 is 2.31 bits per heavy atom. The highest BCUT2D eigenvalue weighted by molar-refractivity contribution is 5.76. The predicted octanol–water partition coefficient (Wildman–Crippen LogP) is 2.95. The summed E-state index contributed by atoms with van der Waals surface area (Å²) in [5.41, 5.74) is -0.124. The van der Waals surface area contributed by atoms with Crippen LogP contribution in [0.1, 0.15) is 34.6 Å². The average Bonchev–Trinajstić information content (AvgIpc) is 2.60. The van der Waals surface area contributed by atoms with E-state index in [1.807, 2.05) is 19.9 Å². The zero-order valence-corrected chi connectivity index (χ0v) is 10.7. The van der Waals surface area contributed by atoms with Crippen molar-refractivity contribution in [2.75, 3.05) is 0 Å². The minimum Gasteiger partial charge on any atom is -0.481 e. The van der Waals surface area contributed by atoms with Crippen molar-refractivity contribution in [2.24, 2.45) is 22.7 Å². The van der Waals surface area contributed by atoms with Crippen LogP contribution in [0.25, 0.3) is 0 Å². The third-order valence-electron chi connectivity index (χ3n) is 3.01. The van der Waals surface area contributed by atoms with Gasteiger partial charge < -0.3 is 5.11 Å². The maximum atomic E-state index is 10.9. The Morgan fingerprint density at radius 2 is 1.94 bits per heavy atom. The predicted molar refractivity (Wildman–Crippen MR) is 64.8 cm³/mol. The van der Waals surface area contributed by atoms with Crippen LogP contribution < -0.4 is 0 Å². The minimum atomic E-state index is -0.705. The summed E-state index contributed by atoms with van der Waals surface area (Å²) in [5, 5.41) is 8.98. The molecule has 1 fully saturated rings. The van der Waals surface area contributed by atoms with Gasteiger partial charge in [-0.05, 0) is 38.2 Å². The Balaban J connectivity index is 2.61. The Labute approximate surface area is 97.7 Å². The van der Waals surface area contributed by atoms with E-state index in [0.717, 1.165) is 0 Å². The standard InChI is InChI=1S/C14H20O2/c1-13(2,3)9-7-6-8-10-11(12(15)16)14(10,4)5/h6,8,10-11H,1-5H3,(H,15,16). The lowest BCUT2D eigenvalue weighted by Crippen LogP contribution is -2.02. The summed E-state index contributed by atoms with van der Waals surface area (Å²) in [4.78, 5) is 10.9. The van der Waals surface area contributed by atoms with Crippen LogP contribution in [0.15, 0.2) is 12.2 Å². The van der Waals surface area contributed by atoms with Crippen molar-refractivity contribution < 1.29 is 9.90 Å². The molecule has 2 atom stereocenters. The lowest BCUT2D eigenvalue weighted by molar-refractivity contribution is -0.139. The normalized spacial score (nSPS) is 27.3. The van der Waals surface area contributed by atoms with Gasteiger partial charge in [-0.1, -0.05) is 31.8 Å². The molecule has 1 rings (SSSR count). The van der Waals surface area contributed by atoms with Crippen LogP contribution in [0, 0.1) is 34.5 Å². The monoisotopic (exact) mass is 220 g/mol. The molecule has 0 aliphatic heterocycles. The third-order valence-corrected chi connectivity index (χ3v) is 3.01. The molecule has 16 heavy (non-hydrogen) atoms. The first-order valence-corrected chi connectivity index (χ1v) is 5.58. The maximum absolute atomic E-state index is 10.9. The van der Waals surface area contributed by atoms with Crippen molar-refractivity contribution in [2.45, 2.75) is 34.6 Å². The van der Waals surface area contributed by atoms with Crippen LogP contribution in [0.2, 0.25) is 0 Å². The van der Waals surface area contributed by atoms with Crippen LogP contribution >= 0.6 is 0 Å². The van der Waals surface area contributed by atoms with Gasteiger partial charge in [-0.25, -0.2) is 0 Å². The van der Waals surface area contributed by atoms with Crippen LogP contribution in [0.5, 0.6) is 0 Å². The smallest absolute Gasteiger partial charge is 0.307 e. The summed E-state index contributed by atoms with van der Waals surface area (Å²) in [5.74, 6) is 5.23. The van der Waals surface area contributed by atoms with E-state index >= 15 is 0 Å². The SMILES string of the molecule is CC(C)(C)C#CC=CC1C(C(=O)O)C1(C)C. The van der Waals surface area contributed by atoms with E-state index in [0.29, 0.717) is 0 Å². The van der Waals surface area contributed by atoms with Crippen molar-refractivity contribution in [1.82, 2.24) is 0 Å². The molecule has 0 aromatic rings. The molecule has 1 saturated carbocycles. The summed E-state index contributed by atoms with van der Waals surface area (Å²) in [6.07, 6.45) is 3.72. The van der Waals surface area contributed by atoms with Crippen molar-refractivity contribution >= 4 is 5.97 Å². The van der Waals surface area contributed by atoms with Gasteiger partial charge in [-0.2, -0.15) is 0 Å². The minimum absolute atomic E-state index is 0.00436. The first-order valence-electron chi connectivity index (χ1n) is 5.58. The molecule has 1 N–H and O–H groups in total. The number of carboxylic acids is 1. The molecule has 0 saturated heterocycles. The molecule has 0 aromatic heterocycles. The van der Waals surface area contributed by atoms with Crippen molar-refractivity contribution in [3.63, 3.8) is 0 Å². The molecule has 0 heterocycles. The lowest BCUT2D eigenvalue weighted by Gasteiger charge is -2.05. The van der Waals surface area contributed by atoms with E-state index in [4.69, 9.17) is 5.11 Å². The van der Waals surface area contributed by atoms with Gasteiger partial charge in [0.05, 0.1) is 5.92 Å². The summed E-state index contributed by atoms with van der Waals surface area (Å²) in [7, 11) is 0. The first kappa shape index (κ1) is 12.8. The van der Waals surface area contributed by atoms with E-state index in [1.54, 1.807) is 6.08 Å². The number of rotatable bonds is 2. The second-order valence-electron chi connectivity index (χ2n) is 6.04. The molecule has 2 unspecified atom stereocenters. The highest BCUT2D eigenvalue weighted by Crippen LogP contribution is 2.58. The highest BCUT2D eigenvalue weighted by Gasteiger charge is 2.60. The Bertz CT molecular complexity index is 372. The van der Waals surface area contributed by atoms with E-state index < -0.39 is 5.97 Å². The largest absolute Gasteiger partial charge is 0.481 e. The lowest BCUT2D eigenvalue weighted by atomic mass is 9.98. The van der Waals surface area contributed by atoms with Crippen LogP contribution in [-0.2, 0) is 4.79 Å². The fourth-order valence-corrected chi connectivity index (χ4v) is 1.92. The number of hydrogen-bond acceptors (Lipinski definition) is 1. The zero-order chi connectivity index (χ0) is 12.6. The fourth-order valence-electron chi connectivity index (χ4n) is 1.92. The second-order valence-corrected chi connectivity index (χ2v) is 6.04. The summed E-state index contributed by atoms with van der Waals surface area (Å²) in [6.45, 7) is 10.1. The average molecular weight is 220 g/mol. The molecular weight excluding hydrogens is 200 g/mol. The molecule has 1 aliphatic carbocycles. The molecule has 0 radical (unpaired) electrons. The summed E-state index contributed by atoms with van der Waals surface area (Å²) < 4.78 is 0. The molecule has 0 spiro atoms. The van der Waals surface area contributed by atoms with Crippen LogP contribution in [-0.4, -0.2) is 11.1 Å². The Morgan fingerprint density at radius 1 is 1.38 bits per heavy atom. The van der Waals surface area contributed by atoms with Gasteiger partial charge in [0.15, 0.2) is 0 Å². The molecule has 0 amide bonds. The summed E-state index contributed by atoms with van der Waals surface area (Å²) in [6, 6.07) is 0. The fraction of sp³-hybridized carbons (Fsp3) is 0.643. The Kier molecular flexibility index (Phi) is 3.19. The Hall–Kier alpha value is -1.23. The number of aliphatic carboxylic acids is 1. The first-order chi connectivity index (χ1) is 7.16.